The van der Waals surface area contributed by atoms with Gasteiger partial charge >= 0.3 is 0 Å². The minimum absolute atomic E-state index is 0.245. The molecular weight excluding hydrogens is 236 g/mol. The second-order valence-electron chi connectivity index (χ2n) is 5.17. The highest BCUT2D eigenvalue weighted by molar-refractivity contribution is 5.83. The SMILES string of the molecule is CC(=NOCc1ccccc1)C1CCC(C#N)CC1. The van der Waals surface area contributed by atoms with Crippen molar-refractivity contribution < 1.29 is 4.84 Å². The molecule has 1 fully saturated rings. The number of oxime groups is 1. The van der Waals surface area contributed by atoms with Crippen molar-refractivity contribution in [2.75, 3.05) is 0 Å². The first-order chi connectivity index (χ1) is 9.29. The molecule has 100 valence electrons. The molecule has 2 rings (SSSR count). The van der Waals surface area contributed by atoms with Crippen molar-refractivity contribution >= 4 is 5.71 Å². The minimum Gasteiger partial charge on any atom is -0.391 e. The van der Waals surface area contributed by atoms with Gasteiger partial charge < -0.3 is 4.84 Å². The summed E-state index contributed by atoms with van der Waals surface area (Å²) in [6, 6.07) is 12.4. The van der Waals surface area contributed by atoms with Crippen LogP contribution in [0.3, 0.4) is 0 Å². The molecule has 1 saturated carbocycles. The van der Waals surface area contributed by atoms with E-state index in [4.69, 9.17) is 10.1 Å². The Kier molecular flexibility index (Phi) is 4.97. The number of nitriles is 1. The third-order valence-electron chi connectivity index (χ3n) is 3.78. The highest BCUT2D eigenvalue weighted by Gasteiger charge is 2.22. The van der Waals surface area contributed by atoms with Crippen molar-refractivity contribution in [3.63, 3.8) is 0 Å². The second kappa shape index (κ2) is 6.94. The fraction of sp³-hybridized carbons (Fsp3) is 0.500. The van der Waals surface area contributed by atoms with Crippen LogP contribution in [0.1, 0.15) is 38.2 Å². The van der Waals surface area contributed by atoms with E-state index in [1.807, 2.05) is 37.3 Å². The third kappa shape index (κ3) is 4.10. The maximum absolute atomic E-state index is 8.88. The molecule has 0 saturated heterocycles. The highest BCUT2D eigenvalue weighted by Crippen LogP contribution is 2.29. The first-order valence-electron chi connectivity index (χ1n) is 6.89. The highest BCUT2D eigenvalue weighted by atomic mass is 16.6. The van der Waals surface area contributed by atoms with Crippen LogP contribution < -0.4 is 0 Å². The first-order valence-corrected chi connectivity index (χ1v) is 6.89. The minimum atomic E-state index is 0.245. The Hall–Kier alpha value is -1.82. The summed E-state index contributed by atoms with van der Waals surface area (Å²) in [7, 11) is 0. The summed E-state index contributed by atoms with van der Waals surface area (Å²) < 4.78 is 0. The number of nitrogens with zero attached hydrogens (tertiary/aromatic N) is 2. The maximum Gasteiger partial charge on any atom is 0.142 e. The van der Waals surface area contributed by atoms with E-state index < -0.39 is 0 Å². The van der Waals surface area contributed by atoms with Crippen LogP contribution in [0.2, 0.25) is 0 Å². The quantitative estimate of drug-likeness (QED) is 0.605. The van der Waals surface area contributed by atoms with Crippen LogP contribution in [-0.4, -0.2) is 5.71 Å². The van der Waals surface area contributed by atoms with Crippen LogP contribution in [-0.2, 0) is 11.4 Å². The van der Waals surface area contributed by atoms with Gasteiger partial charge in [-0.15, -0.1) is 0 Å². The Balaban J connectivity index is 1.78. The molecule has 1 aliphatic carbocycles. The summed E-state index contributed by atoms with van der Waals surface area (Å²) >= 11 is 0. The zero-order valence-electron chi connectivity index (χ0n) is 11.4. The lowest BCUT2D eigenvalue weighted by Crippen LogP contribution is -2.19. The van der Waals surface area contributed by atoms with E-state index in [0.29, 0.717) is 12.5 Å². The molecular formula is C16H20N2O. The van der Waals surface area contributed by atoms with Crippen molar-refractivity contribution in [1.29, 1.82) is 5.26 Å². The van der Waals surface area contributed by atoms with Crippen LogP contribution in [0.4, 0.5) is 0 Å². The largest absolute Gasteiger partial charge is 0.391 e. The fourth-order valence-electron chi connectivity index (χ4n) is 2.50. The lowest BCUT2D eigenvalue weighted by Gasteiger charge is -2.24. The van der Waals surface area contributed by atoms with Crippen molar-refractivity contribution in [2.24, 2.45) is 17.0 Å². The smallest absolute Gasteiger partial charge is 0.142 e. The summed E-state index contributed by atoms with van der Waals surface area (Å²) in [6.07, 6.45) is 4.10. The zero-order valence-corrected chi connectivity index (χ0v) is 11.4. The monoisotopic (exact) mass is 256 g/mol. The van der Waals surface area contributed by atoms with Crippen molar-refractivity contribution in [3.8, 4) is 6.07 Å². The molecule has 0 bridgehead atoms. The number of hydrogen-bond donors (Lipinski definition) is 0. The van der Waals surface area contributed by atoms with Crippen molar-refractivity contribution in [2.45, 2.75) is 39.2 Å². The Bertz CT molecular complexity index is 453. The lowest BCUT2D eigenvalue weighted by atomic mass is 9.81. The average molecular weight is 256 g/mol. The predicted octanol–water partition coefficient (Wildman–Crippen LogP) is 3.91. The standard InChI is InChI=1S/C16H20N2O/c1-13(16-9-7-14(11-17)8-10-16)18-19-12-15-5-3-2-4-6-15/h2-6,14,16H,7-10,12H2,1H3. The molecule has 0 aliphatic heterocycles. The molecule has 1 aromatic rings. The van der Waals surface area contributed by atoms with E-state index >= 15 is 0 Å². The molecule has 19 heavy (non-hydrogen) atoms. The van der Waals surface area contributed by atoms with Gasteiger partial charge in [0.25, 0.3) is 0 Å². The predicted molar refractivity (Wildman–Crippen MR) is 75.4 cm³/mol. The van der Waals surface area contributed by atoms with Gasteiger partial charge in [-0.25, -0.2) is 0 Å². The van der Waals surface area contributed by atoms with E-state index in [1.54, 1.807) is 0 Å². The molecule has 3 heteroatoms. The summed E-state index contributed by atoms with van der Waals surface area (Å²) in [4.78, 5) is 5.41. The molecule has 1 aromatic carbocycles. The van der Waals surface area contributed by atoms with Gasteiger partial charge in [0.2, 0.25) is 0 Å². The van der Waals surface area contributed by atoms with Crippen LogP contribution in [0.5, 0.6) is 0 Å². The van der Waals surface area contributed by atoms with E-state index in [1.165, 1.54) is 0 Å². The average Bonchev–Trinajstić information content (AvgIpc) is 2.48. The summed E-state index contributed by atoms with van der Waals surface area (Å²) in [5, 5.41) is 13.1. The molecule has 3 nitrogen and oxygen atoms in total. The number of rotatable bonds is 4. The van der Waals surface area contributed by atoms with E-state index in [-0.39, 0.29) is 5.92 Å². The van der Waals surface area contributed by atoms with Gasteiger partial charge in [-0.05, 0) is 38.2 Å². The Labute approximate surface area is 114 Å². The van der Waals surface area contributed by atoms with Crippen LogP contribution in [0.15, 0.2) is 35.5 Å². The lowest BCUT2D eigenvalue weighted by molar-refractivity contribution is 0.128. The van der Waals surface area contributed by atoms with Gasteiger partial charge in [0.15, 0.2) is 0 Å². The van der Waals surface area contributed by atoms with Gasteiger partial charge in [0, 0.05) is 11.8 Å². The Morgan fingerprint density at radius 1 is 1.26 bits per heavy atom. The van der Waals surface area contributed by atoms with Gasteiger partial charge in [0.05, 0.1) is 11.8 Å². The van der Waals surface area contributed by atoms with E-state index in [0.717, 1.165) is 37.0 Å². The second-order valence-corrected chi connectivity index (χ2v) is 5.17. The Morgan fingerprint density at radius 3 is 2.58 bits per heavy atom. The fourth-order valence-corrected chi connectivity index (χ4v) is 2.50. The molecule has 0 heterocycles. The maximum atomic E-state index is 8.88. The third-order valence-corrected chi connectivity index (χ3v) is 3.78. The first kappa shape index (κ1) is 13.6. The van der Waals surface area contributed by atoms with Crippen LogP contribution in [0, 0.1) is 23.2 Å². The topological polar surface area (TPSA) is 45.4 Å². The summed E-state index contributed by atoms with van der Waals surface area (Å²) in [5.41, 5.74) is 2.19. The normalized spacial score (nSPS) is 23.7. The van der Waals surface area contributed by atoms with Crippen molar-refractivity contribution in [1.82, 2.24) is 0 Å². The van der Waals surface area contributed by atoms with Gasteiger partial charge in [-0.2, -0.15) is 5.26 Å². The summed E-state index contributed by atoms with van der Waals surface area (Å²) in [6.45, 7) is 2.55. The van der Waals surface area contributed by atoms with Crippen LogP contribution >= 0.6 is 0 Å². The number of hydrogen-bond acceptors (Lipinski definition) is 3. The molecule has 0 radical (unpaired) electrons. The molecule has 0 atom stereocenters. The van der Waals surface area contributed by atoms with E-state index in [9.17, 15) is 0 Å². The molecule has 0 spiro atoms. The van der Waals surface area contributed by atoms with Crippen molar-refractivity contribution in [3.05, 3.63) is 35.9 Å². The van der Waals surface area contributed by atoms with Gasteiger partial charge in [-0.3, -0.25) is 0 Å². The van der Waals surface area contributed by atoms with E-state index in [2.05, 4.69) is 11.2 Å². The Morgan fingerprint density at radius 2 is 1.95 bits per heavy atom. The van der Waals surface area contributed by atoms with Crippen LogP contribution in [0.25, 0.3) is 0 Å². The molecule has 0 N–H and O–H groups in total. The molecule has 0 amide bonds. The zero-order chi connectivity index (χ0) is 13.5. The van der Waals surface area contributed by atoms with Gasteiger partial charge in [0.1, 0.15) is 6.61 Å². The molecule has 1 aliphatic rings. The summed E-state index contributed by atoms with van der Waals surface area (Å²) in [5.74, 6) is 0.731. The molecule has 0 aromatic heterocycles. The number of benzene rings is 1. The van der Waals surface area contributed by atoms with Gasteiger partial charge in [-0.1, -0.05) is 35.5 Å². The molecule has 0 unspecified atom stereocenters.